The molecule has 0 aliphatic rings. The summed E-state index contributed by atoms with van der Waals surface area (Å²) in [5, 5.41) is 15.3. The van der Waals surface area contributed by atoms with Crippen molar-refractivity contribution in [2.75, 3.05) is 6.54 Å². The number of hydrogen-bond acceptors (Lipinski definition) is 5. The molecule has 0 spiro atoms. The Morgan fingerprint density at radius 3 is 2.31 bits per heavy atom. The molecule has 1 rings (SSSR count). The molecule has 0 aromatic heterocycles. The van der Waals surface area contributed by atoms with Gasteiger partial charge < -0.3 is 20.3 Å². The first kappa shape index (κ1) is 30.5. The van der Waals surface area contributed by atoms with Crippen LogP contribution in [0.25, 0.3) is 0 Å². The molecule has 0 heterocycles. The van der Waals surface area contributed by atoms with Gasteiger partial charge in [0.25, 0.3) is 0 Å². The van der Waals surface area contributed by atoms with E-state index < -0.39 is 35.6 Å². The lowest BCUT2D eigenvalue weighted by atomic mass is 9.94. The molecule has 4 unspecified atom stereocenters. The maximum Gasteiger partial charge on any atom is 0.408 e. The van der Waals surface area contributed by atoms with Gasteiger partial charge in [0.2, 0.25) is 11.8 Å². The minimum Gasteiger partial charge on any atom is -0.444 e. The van der Waals surface area contributed by atoms with E-state index in [1.165, 1.54) is 4.90 Å². The molecular weight excluding hydrogens is 456 g/mol. The number of nitrogens with one attached hydrogen (secondary N) is 2. The third kappa shape index (κ3) is 8.92. The summed E-state index contributed by atoms with van der Waals surface area (Å²) in [5.74, 6) is 1.28. The Balaban J connectivity index is 3.57. The Labute approximate surface area is 215 Å². The van der Waals surface area contributed by atoms with Gasteiger partial charge in [0, 0.05) is 11.6 Å². The number of ether oxygens (including phenoxy) is 1. The van der Waals surface area contributed by atoms with E-state index in [1.54, 1.807) is 45.0 Å². The molecule has 0 fully saturated rings. The molecule has 1 aromatic rings. The van der Waals surface area contributed by atoms with Crippen molar-refractivity contribution < 1.29 is 19.1 Å². The van der Waals surface area contributed by atoms with Crippen LogP contribution in [0, 0.1) is 29.6 Å². The lowest BCUT2D eigenvalue weighted by Gasteiger charge is -2.35. The van der Waals surface area contributed by atoms with Gasteiger partial charge >= 0.3 is 6.09 Å². The van der Waals surface area contributed by atoms with E-state index in [0.717, 1.165) is 12.8 Å². The second-order valence-electron chi connectivity index (χ2n) is 9.97. The van der Waals surface area contributed by atoms with E-state index in [1.807, 2.05) is 33.8 Å². The highest BCUT2D eigenvalue weighted by Crippen LogP contribution is 2.27. The SMILES string of the molecule is C#Cc1ccccc1C(C(=O)NC(C)CCC)N(CC#N)C(=O)C(NC(=O)OC(C)(C)C)C(C)CC. The fourth-order valence-electron chi connectivity index (χ4n) is 3.81. The van der Waals surface area contributed by atoms with Crippen molar-refractivity contribution in [1.82, 2.24) is 15.5 Å². The Morgan fingerprint density at radius 2 is 1.78 bits per heavy atom. The molecule has 0 saturated carbocycles. The van der Waals surface area contributed by atoms with E-state index in [9.17, 15) is 19.6 Å². The van der Waals surface area contributed by atoms with Crippen molar-refractivity contribution in [1.29, 1.82) is 5.26 Å². The van der Waals surface area contributed by atoms with Gasteiger partial charge in [-0.3, -0.25) is 9.59 Å². The zero-order chi connectivity index (χ0) is 27.5. The number of carbonyl (C=O) groups is 3. The molecule has 0 saturated heterocycles. The van der Waals surface area contributed by atoms with Crippen molar-refractivity contribution in [3.8, 4) is 18.4 Å². The van der Waals surface area contributed by atoms with Crippen molar-refractivity contribution in [2.45, 2.75) is 91.5 Å². The maximum atomic E-state index is 13.9. The van der Waals surface area contributed by atoms with E-state index in [2.05, 4.69) is 16.6 Å². The van der Waals surface area contributed by atoms with Crippen LogP contribution in [0.1, 0.15) is 84.9 Å². The molecule has 0 aliphatic carbocycles. The Morgan fingerprint density at radius 1 is 1.14 bits per heavy atom. The van der Waals surface area contributed by atoms with Gasteiger partial charge in [-0.15, -0.1) is 6.42 Å². The van der Waals surface area contributed by atoms with Gasteiger partial charge in [-0.05, 0) is 51.7 Å². The van der Waals surface area contributed by atoms with Crippen LogP contribution in [-0.2, 0) is 14.3 Å². The summed E-state index contributed by atoms with van der Waals surface area (Å²) < 4.78 is 5.37. The van der Waals surface area contributed by atoms with Crippen LogP contribution in [0.2, 0.25) is 0 Å². The third-order valence-corrected chi connectivity index (χ3v) is 5.76. The summed E-state index contributed by atoms with van der Waals surface area (Å²) in [5.41, 5.74) is 0.116. The van der Waals surface area contributed by atoms with E-state index in [0.29, 0.717) is 17.5 Å². The molecule has 8 heteroatoms. The maximum absolute atomic E-state index is 13.9. The highest BCUT2D eigenvalue weighted by atomic mass is 16.6. The minimum atomic E-state index is -1.16. The smallest absolute Gasteiger partial charge is 0.408 e. The average molecular weight is 497 g/mol. The van der Waals surface area contributed by atoms with Gasteiger partial charge in [0.1, 0.15) is 24.2 Å². The minimum absolute atomic E-state index is 0.146. The molecule has 4 atom stereocenters. The third-order valence-electron chi connectivity index (χ3n) is 5.76. The van der Waals surface area contributed by atoms with Gasteiger partial charge in [0.15, 0.2) is 0 Å². The van der Waals surface area contributed by atoms with Gasteiger partial charge in [0.05, 0.1) is 6.07 Å². The molecule has 36 heavy (non-hydrogen) atoms. The summed E-state index contributed by atoms with van der Waals surface area (Å²) in [6.07, 6.45) is 7.15. The van der Waals surface area contributed by atoms with Crippen LogP contribution in [0.4, 0.5) is 4.79 Å². The summed E-state index contributed by atoms with van der Waals surface area (Å²) >= 11 is 0. The normalized spacial score (nSPS) is 14.2. The number of terminal acetylenes is 1. The molecule has 8 nitrogen and oxygen atoms in total. The van der Waals surface area contributed by atoms with Crippen molar-refractivity contribution in [2.24, 2.45) is 5.92 Å². The van der Waals surface area contributed by atoms with Crippen molar-refractivity contribution in [3.63, 3.8) is 0 Å². The number of hydrogen-bond donors (Lipinski definition) is 2. The van der Waals surface area contributed by atoms with Crippen LogP contribution in [0.3, 0.4) is 0 Å². The highest BCUT2D eigenvalue weighted by Gasteiger charge is 2.39. The Kier molecular flexibility index (Phi) is 12.0. The van der Waals surface area contributed by atoms with E-state index in [-0.39, 0.29) is 18.5 Å². The average Bonchev–Trinajstić information content (AvgIpc) is 2.80. The van der Waals surface area contributed by atoms with Gasteiger partial charge in [-0.1, -0.05) is 57.7 Å². The number of rotatable bonds is 11. The second-order valence-corrected chi connectivity index (χ2v) is 9.97. The fourth-order valence-corrected chi connectivity index (χ4v) is 3.81. The molecule has 0 aliphatic heterocycles. The monoisotopic (exact) mass is 496 g/mol. The number of nitriles is 1. The molecule has 1 aromatic carbocycles. The number of nitrogens with zero attached hydrogens (tertiary/aromatic N) is 2. The van der Waals surface area contributed by atoms with Crippen molar-refractivity contribution in [3.05, 3.63) is 35.4 Å². The lowest BCUT2D eigenvalue weighted by molar-refractivity contribution is -0.143. The first-order valence-corrected chi connectivity index (χ1v) is 12.4. The zero-order valence-electron chi connectivity index (χ0n) is 22.6. The van der Waals surface area contributed by atoms with Crippen LogP contribution in [0.15, 0.2) is 24.3 Å². The van der Waals surface area contributed by atoms with Gasteiger partial charge in [-0.2, -0.15) is 5.26 Å². The standard InChI is InChI=1S/C28H40N4O4/c1-9-14-20(5)30-25(33)24(22-16-13-12-15-21(22)11-3)32(18-17-29)26(34)23(19(4)10-2)31-27(35)36-28(6,7)8/h3,12-13,15-16,19-20,23-24H,9-10,14,18H2,1-2,4-8H3,(H,30,33)(H,31,35). The number of amides is 3. The summed E-state index contributed by atoms with van der Waals surface area (Å²) in [7, 11) is 0. The van der Waals surface area contributed by atoms with E-state index >= 15 is 0 Å². The van der Waals surface area contributed by atoms with Crippen molar-refractivity contribution >= 4 is 17.9 Å². The summed E-state index contributed by atoms with van der Waals surface area (Å²) in [4.78, 5) is 41.3. The van der Waals surface area contributed by atoms with E-state index in [4.69, 9.17) is 11.2 Å². The molecule has 0 bridgehead atoms. The molecule has 3 amide bonds. The quantitative estimate of drug-likeness (QED) is 0.350. The zero-order valence-corrected chi connectivity index (χ0v) is 22.6. The lowest BCUT2D eigenvalue weighted by Crippen LogP contribution is -2.55. The molecule has 2 N–H and O–H groups in total. The predicted molar refractivity (Wildman–Crippen MR) is 140 cm³/mol. The molecular formula is C28H40N4O4. The largest absolute Gasteiger partial charge is 0.444 e. The highest BCUT2D eigenvalue weighted by molar-refractivity contribution is 5.93. The molecule has 196 valence electrons. The number of alkyl carbamates (subject to hydrolysis) is 1. The van der Waals surface area contributed by atoms with Gasteiger partial charge in [-0.25, -0.2) is 4.79 Å². The first-order valence-electron chi connectivity index (χ1n) is 12.4. The second kappa shape index (κ2) is 14.1. The molecule has 0 radical (unpaired) electrons. The fraction of sp³-hybridized carbons (Fsp3) is 0.571. The van der Waals surface area contributed by atoms with Crippen LogP contribution >= 0.6 is 0 Å². The summed E-state index contributed by atoms with van der Waals surface area (Å²) in [6.45, 7) is 12.4. The first-order chi connectivity index (χ1) is 16.9. The number of benzene rings is 1. The van der Waals surface area contributed by atoms with Crippen LogP contribution in [0.5, 0.6) is 0 Å². The van der Waals surface area contributed by atoms with Crippen LogP contribution < -0.4 is 10.6 Å². The number of carbonyl (C=O) groups excluding carboxylic acids is 3. The Hall–Kier alpha value is -3.52. The van der Waals surface area contributed by atoms with Crippen LogP contribution in [-0.4, -0.2) is 47.0 Å². The summed E-state index contributed by atoms with van der Waals surface area (Å²) in [6, 6.07) is 6.53. The Bertz CT molecular complexity index is 986. The predicted octanol–water partition coefficient (Wildman–Crippen LogP) is 4.31. The topological polar surface area (TPSA) is 112 Å².